The van der Waals surface area contributed by atoms with E-state index in [1.54, 1.807) is 7.05 Å². The maximum absolute atomic E-state index is 13.4. The molecule has 4 heterocycles. The second-order valence-electron chi connectivity index (χ2n) is 9.47. The van der Waals surface area contributed by atoms with Gasteiger partial charge in [-0.15, -0.1) is 0 Å². The molecule has 0 saturated carbocycles. The molecular formula is C20H33NO2P2+2. The van der Waals surface area contributed by atoms with Crippen LogP contribution in [0.5, 0.6) is 0 Å². The number of hydrogen-bond donors (Lipinski definition) is 0. The van der Waals surface area contributed by atoms with Gasteiger partial charge in [0.05, 0.1) is 22.6 Å². The molecule has 138 valence electrons. The molecular weight excluding hydrogens is 348 g/mol. The predicted molar refractivity (Wildman–Crippen MR) is 109 cm³/mol. The Morgan fingerprint density at radius 2 is 1.04 bits per heavy atom. The highest BCUT2D eigenvalue weighted by Crippen LogP contribution is 3.06. The van der Waals surface area contributed by atoms with Crippen LogP contribution in [0.2, 0.25) is 0 Å². The standard InChI is InChI=1S/C20H33NO2P2/c1-12-8-9-13(2)24(12)16-17(19(23)21(7)18(16)22)25(20(24,5)6)14(3)10-11-15(25)4/h12-15H,8-11H2,1-7H3/q+2/t12-,13-,14-,15-/m0/s1. The fraction of sp³-hybridized carbons (Fsp3) is 0.800. The molecule has 2 amide bonds. The van der Waals surface area contributed by atoms with Crippen LogP contribution in [0.1, 0.15) is 67.2 Å². The molecule has 0 radical (unpaired) electrons. The van der Waals surface area contributed by atoms with Gasteiger partial charge in [0.2, 0.25) is 10.6 Å². The summed E-state index contributed by atoms with van der Waals surface area (Å²) in [4.78, 5) is 28.4. The van der Waals surface area contributed by atoms with Crippen molar-refractivity contribution in [2.24, 2.45) is 0 Å². The van der Waals surface area contributed by atoms with Gasteiger partial charge in [-0.25, -0.2) is 0 Å². The van der Waals surface area contributed by atoms with Crippen molar-refractivity contribution in [1.82, 2.24) is 4.90 Å². The highest BCUT2D eigenvalue weighted by molar-refractivity contribution is 8.03. The Bertz CT molecular complexity index is 634. The third-order valence-electron chi connectivity index (χ3n) is 8.58. The number of amides is 2. The smallest absolute Gasteiger partial charge is 0.271 e. The summed E-state index contributed by atoms with van der Waals surface area (Å²) in [6.07, 6.45) is 4.90. The maximum atomic E-state index is 13.4. The van der Waals surface area contributed by atoms with Crippen LogP contribution in [-0.4, -0.2) is 51.3 Å². The molecule has 0 unspecified atom stereocenters. The van der Waals surface area contributed by atoms with Gasteiger partial charge in [-0.05, 0) is 53.4 Å². The predicted octanol–water partition coefficient (Wildman–Crippen LogP) is 5.12. The van der Waals surface area contributed by atoms with E-state index in [-0.39, 0.29) is 16.7 Å². The van der Waals surface area contributed by atoms with E-state index in [9.17, 15) is 9.59 Å². The number of hydrogen-bond acceptors (Lipinski definition) is 2. The highest BCUT2D eigenvalue weighted by atomic mass is 31.2. The van der Waals surface area contributed by atoms with Gasteiger partial charge in [-0.2, -0.15) is 0 Å². The van der Waals surface area contributed by atoms with E-state index in [0.29, 0.717) is 22.6 Å². The summed E-state index contributed by atoms with van der Waals surface area (Å²) < 4.78 is 0. The summed E-state index contributed by atoms with van der Waals surface area (Å²) in [5.41, 5.74) is 2.35. The molecule has 2 fully saturated rings. The van der Waals surface area contributed by atoms with Crippen molar-refractivity contribution in [3.05, 3.63) is 10.6 Å². The first-order valence-electron chi connectivity index (χ1n) is 9.92. The SMILES string of the molecule is C[C@H]1CC[C@H](C)[P+]12C1=C(C(=O)N(C)C1=O)[P+]1([C@@H](C)CC[C@@H]1C)C2(C)C. The second kappa shape index (κ2) is 5.17. The Morgan fingerprint density at radius 3 is 1.32 bits per heavy atom. The van der Waals surface area contributed by atoms with Gasteiger partial charge in [0, 0.05) is 20.9 Å². The Hall–Kier alpha value is -0.260. The summed E-state index contributed by atoms with van der Waals surface area (Å²) in [5, 5.41) is 2.16. The normalized spacial score (nSPS) is 40.8. The molecule has 4 aliphatic heterocycles. The van der Waals surface area contributed by atoms with E-state index < -0.39 is 14.5 Å². The lowest BCUT2D eigenvalue weighted by molar-refractivity contribution is -0.135. The van der Waals surface area contributed by atoms with Crippen molar-refractivity contribution in [2.75, 3.05) is 7.05 Å². The number of rotatable bonds is 0. The quantitative estimate of drug-likeness (QED) is 0.431. The van der Waals surface area contributed by atoms with Gasteiger partial charge in [-0.1, -0.05) is 0 Å². The van der Waals surface area contributed by atoms with Crippen molar-refractivity contribution in [1.29, 1.82) is 0 Å². The lowest BCUT2D eigenvalue weighted by atomic mass is 10.2. The molecule has 0 aromatic carbocycles. The van der Waals surface area contributed by atoms with Crippen molar-refractivity contribution in [3.8, 4) is 0 Å². The van der Waals surface area contributed by atoms with Crippen LogP contribution in [-0.2, 0) is 9.59 Å². The first-order valence-corrected chi connectivity index (χ1v) is 13.8. The zero-order chi connectivity index (χ0) is 18.5. The van der Waals surface area contributed by atoms with Crippen LogP contribution < -0.4 is 0 Å². The third kappa shape index (κ3) is 1.60. The molecule has 4 atom stereocenters. The van der Waals surface area contributed by atoms with Gasteiger partial charge in [-0.3, -0.25) is 14.5 Å². The maximum Gasteiger partial charge on any atom is 0.300 e. The fourth-order valence-corrected chi connectivity index (χ4v) is 26.9. The molecule has 0 aliphatic carbocycles. The summed E-state index contributed by atoms with van der Waals surface area (Å²) in [5.74, 6) is 0.148. The molecule has 0 aromatic rings. The zero-order valence-electron chi connectivity index (χ0n) is 16.8. The number of likely N-dealkylation sites (N-methyl/N-ethyl adjacent to an activating group) is 1. The van der Waals surface area contributed by atoms with E-state index in [2.05, 4.69) is 41.5 Å². The molecule has 2 saturated heterocycles. The van der Waals surface area contributed by atoms with Gasteiger partial charge in [0.1, 0.15) is 14.5 Å². The molecule has 0 bridgehead atoms. The van der Waals surface area contributed by atoms with Crippen LogP contribution in [0.3, 0.4) is 0 Å². The molecule has 4 aliphatic rings. The van der Waals surface area contributed by atoms with Gasteiger partial charge >= 0.3 is 0 Å². The number of nitrogens with zero attached hydrogens (tertiary/aromatic N) is 1. The van der Waals surface area contributed by atoms with E-state index in [1.165, 1.54) is 30.6 Å². The molecule has 2 spiro atoms. The van der Waals surface area contributed by atoms with Crippen molar-refractivity contribution in [2.45, 2.75) is 94.8 Å². The molecule has 0 aromatic heterocycles. The van der Waals surface area contributed by atoms with Crippen molar-refractivity contribution >= 4 is 26.3 Å². The van der Waals surface area contributed by atoms with Crippen LogP contribution in [0.25, 0.3) is 0 Å². The third-order valence-corrected chi connectivity index (χ3v) is 23.3. The van der Waals surface area contributed by atoms with Crippen LogP contribution in [0, 0.1) is 0 Å². The Balaban J connectivity index is 2.12. The van der Waals surface area contributed by atoms with Crippen LogP contribution >= 0.6 is 14.5 Å². The van der Waals surface area contributed by atoms with E-state index >= 15 is 0 Å². The minimum atomic E-state index is -1.69. The molecule has 5 heteroatoms. The number of fused-ring (bicyclic) bond motifs is 2. The average Bonchev–Trinajstić information content (AvgIpc) is 3.14. The Morgan fingerprint density at radius 1 is 0.760 bits per heavy atom. The largest absolute Gasteiger partial charge is 0.300 e. The van der Waals surface area contributed by atoms with E-state index in [0.717, 1.165) is 10.6 Å². The van der Waals surface area contributed by atoms with E-state index in [4.69, 9.17) is 0 Å². The number of imide groups is 1. The second-order valence-corrected chi connectivity index (χ2v) is 19.6. The lowest BCUT2D eigenvalue weighted by Crippen LogP contribution is -2.41. The Kier molecular flexibility index (Phi) is 3.75. The monoisotopic (exact) mass is 381 g/mol. The molecule has 4 rings (SSSR count). The minimum Gasteiger partial charge on any atom is -0.271 e. The number of carbonyl (C=O) groups excluding carboxylic acids is 2. The minimum absolute atomic E-state index is 0.0742. The molecule has 25 heavy (non-hydrogen) atoms. The summed E-state index contributed by atoms with van der Waals surface area (Å²) >= 11 is 0. The first kappa shape index (κ1) is 18.1. The topological polar surface area (TPSA) is 37.4 Å². The first-order chi connectivity index (χ1) is 11.6. The highest BCUT2D eigenvalue weighted by Gasteiger charge is 2.89. The zero-order valence-corrected chi connectivity index (χ0v) is 18.6. The van der Waals surface area contributed by atoms with Crippen LogP contribution in [0.15, 0.2) is 10.6 Å². The number of carbonyl (C=O) groups is 2. The van der Waals surface area contributed by atoms with Crippen LogP contribution in [0.4, 0.5) is 0 Å². The van der Waals surface area contributed by atoms with Gasteiger partial charge in [0.25, 0.3) is 11.8 Å². The summed E-state index contributed by atoms with van der Waals surface area (Å²) in [6, 6.07) is 0. The lowest BCUT2D eigenvalue weighted by Gasteiger charge is -2.45. The van der Waals surface area contributed by atoms with Gasteiger partial charge < -0.3 is 0 Å². The van der Waals surface area contributed by atoms with Gasteiger partial charge in [0.15, 0.2) is 4.90 Å². The van der Waals surface area contributed by atoms with Crippen molar-refractivity contribution < 1.29 is 9.59 Å². The van der Waals surface area contributed by atoms with E-state index in [1.807, 2.05) is 0 Å². The summed E-state index contributed by atoms with van der Waals surface area (Å²) in [6.45, 7) is 14.6. The molecule has 3 nitrogen and oxygen atoms in total. The van der Waals surface area contributed by atoms with Crippen molar-refractivity contribution in [3.63, 3.8) is 0 Å². The Labute approximate surface area is 153 Å². The fourth-order valence-electron chi connectivity index (χ4n) is 7.79. The average molecular weight is 381 g/mol. The molecule has 0 N–H and O–H groups in total. The summed E-state index contributed by atoms with van der Waals surface area (Å²) in [7, 11) is -1.66.